The van der Waals surface area contributed by atoms with Crippen molar-refractivity contribution < 1.29 is 0 Å². The minimum absolute atomic E-state index is 0.808. The number of nitrogens with one attached hydrogen (secondary N) is 1. The lowest BCUT2D eigenvalue weighted by molar-refractivity contribution is 0.276. The molecule has 0 aromatic heterocycles. The molecule has 1 aromatic rings. The maximum Gasteiger partial charge on any atom is 0.0379 e. The Kier molecular flexibility index (Phi) is 4.46. The van der Waals surface area contributed by atoms with Crippen LogP contribution in [0.25, 0.3) is 0 Å². The van der Waals surface area contributed by atoms with E-state index in [1.54, 1.807) is 0 Å². The summed E-state index contributed by atoms with van der Waals surface area (Å²) in [7, 11) is 1.93. The first-order valence-electron chi connectivity index (χ1n) is 4.51. The molecule has 0 heterocycles. The highest BCUT2D eigenvalue weighted by atomic mass is 15.4. The van der Waals surface area contributed by atoms with Crippen LogP contribution in [-0.2, 0) is 6.54 Å². The molecule has 1 aromatic carbocycles. The molecule has 0 unspecified atom stereocenters. The van der Waals surface area contributed by atoms with Crippen molar-refractivity contribution in [3.8, 4) is 0 Å². The van der Waals surface area contributed by atoms with E-state index in [0.29, 0.717) is 0 Å². The predicted octanol–water partition coefficient (Wildman–Crippen LogP) is 0.582. The molecule has 0 aliphatic heterocycles. The fraction of sp³-hybridized carbons (Fsp3) is 0.400. The first-order chi connectivity index (χ1) is 6.33. The van der Waals surface area contributed by atoms with E-state index >= 15 is 0 Å². The molecule has 3 N–H and O–H groups in total. The van der Waals surface area contributed by atoms with Gasteiger partial charge in [0.05, 0.1) is 0 Å². The van der Waals surface area contributed by atoms with E-state index in [-0.39, 0.29) is 0 Å². The molecule has 0 atom stereocenters. The lowest BCUT2D eigenvalue weighted by Crippen LogP contribution is -2.35. The van der Waals surface area contributed by atoms with Gasteiger partial charge < -0.3 is 5.32 Å². The second kappa shape index (κ2) is 5.70. The summed E-state index contributed by atoms with van der Waals surface area (Å²) < 4.78 is 0. The molecule has 0 saturated heterocycles. The molecule has 72 valence electrons. The summed E-state index contributed by atoms with van der Waals surface area (Å²) in [6.07, 6.45) is 0. The number of hydrogen-bond acceptors (Lipinski definition) is 3. The molecule has 0 amide bonds. The first kappa shape index (κ1) is 10.2. The molecule has 3 heteroatoms. The molecule has 0 saturated carbocycles. The summed E-state index contributed by atoms with van der Waals surface area (Å²) in [6.45, 7) is 2.59. The van der Waals surface area contributed by atoms with Crippen LogP contribution in [0.5, 0.6) is 0 Å². The van der Waals surface area contributed by atoms with Gasteiger partial charge in [-0.05, 0) is 12.6 Å². The molecule has 1 rings (SSSR count). The molecule has 0 radical (unpaired) electrons. The second-order valence-electron chi connectivity index (χ2n) is 3.06. The van der Waals surface area contributed by atoms with Gasteiger partial charge in [0.1, 0.15) is 0 Å². The number of hydrogen-bond donors (Lipinski definition) is 2. The Balaban J connectivity index is 2.32. The van der Waals surface area contributed by atoms with Gasteiger partial charge in [-0.3, -0.25) is 5.84 Å². The standard InChI is InChI=1S/C10H17N3/c1-12-7-8-13(11)9-10-5-3-2-4-6-10/h2-6,12H,7-9,11H2,1H3. The van der Waals surface area contributed by atoms with Crippen LogP contribution in [0.4, 0.5) is 0 Å². The quantitative estimate of drug-likeness (QED) is 0.513. The topological polar surface area (TPSA) is 41.3 Å². The molecule has 0 aliphatic rings. The van der Waals surface area contributed by atoms with Gasteiger partial charge in [-0.1, -0.05) is 30.3 Å². The third-order valence-electron chi connectivity index (χ3n) is 1.88. The SMILES string of the molecule is CNCCN(N)Cc1ccccc1. The van der Waals surface area contributed by atoms with E-state index < -0.39 is 0 Å². The van der Waals surface area contributed by atoms with Gasteiger partial charge in [0, 0.05) is 19.6 Å². The van der Waals surface area contributed by atoms with Gasteiger partial charge in [0.25, 0.3) is 0 Å². The van der Waals surface area contributed by atoms with Crippen molar-refractivity contribution in [1.82, 2.24) is 10.3 Å². The fourth-order valence-corrected chi connectivity index (χ4v) is 1.15. The summed E-state index contributed by atoms with van der Waals surface area (Å²) in [4.78, 5) is 0. The maximum absolute atomic E-state index is 5.79. The van der Waals surface area contributed by atoms with E-state index in [4.69, 9.17) is 5.84 Å². The number of nitrogens with two attached hydrogens (primary N) is 1. The van der Waals surface area contributed by atoms with E-state index in [0.717, 1.165) is 19.6 Å². The Hall–Kier alpha value is -0.900. The Morgan fingerprint density at radius 2 is 2.00 bits per heavy atom. The second-order valence-corrected chi connectivity index (χ2v) is 3.06. The average molecular weight is 179 g/mol. The number of hydrazine groups is 1. The van der Waals surface area contributed by atoms with Crippen molar-refractivity contribution in [2.75, 3.05) is 20.1 Å². The van der Waals surface area contributed by atoms with Crippen molar-refractivity contribution >= 4 is 0 Å². The third kappa shape index (κ3) is 4.03. The van der Waals surface area contributed by atoms with Gasteiger partial charge >= 0.3 is 0 Å². The van der Waals surface area contributed by atoms with E-state index in [1.165, 1.54) is 5.56 Å². The molecule has 0 bridgehead atoms. The normalized spacial score (nSPS) is 10.7. The molecule has 0 spiro atoms. The predicted molar refractivity (Wildman–Crippen MR) is 55.0 cm³/mol. The molecule has 0 fully saturated rings. The third-order valence-corrected chi connectivity index (χ3v) is 1.88. The minimum Gasteiger partial charge on any atom is -0.318 e. The lowest BCUT2D eigenvalue weighted by atomic mass is 10.2. The summed E-state index contributed by atoms with van der Waals surface area (Å²) in [5.41, 5.74) is 1.25. The summed E-state index contributed by atoms with van der Waals surface area (Å²) in [5.74, 6) is 5.79. The van der Waals surface area contributed by atoms with Crippen LogP contribution >= 0.6 is 0 Å². The van der Waals surface area contributed by atoms with Crippen LogP contribution in [0.1, 0.15) is 5.56 Å². The highest BCUT2D eigenvalue weighted by Crippen LogP contribution is 2.00. The van der Waals surface area contributed by atoms with E-state index in [2.05, 4.69) is 17.4 Å². The average Bonchev–Trinajstić information content (AvgIpc) is 2.16. The number of nitrogens with zero attached hydrogens (tertiary/aromatic N) is 1. The number of benzene rings is 1. The van der Waals surface area contributed by atoms with Gasteiger partial charge in [0.2, 0.25) is 0 Å². The van der Waals surface area contributed by atoms with Crippen molar-refractivity contribution in [2.45, 2.75) is 6.54 Å². The molecular weight excluding hydrogens is 162 g/mol. The molecular formula is C10H17N3. The summed E-state index contributed by atoms with van der Waals surface area (Å²) in [6, 6.07) is 10.2. The first-order valence-corrected chi connectivity index (χ1v) is 4.51. The van der Waals surface area contributed by atoms with Crippen molar-refractivity contribution in [1.29, 1.82) is 0 Å². The van der Waals surface area contributed by atoms with Crippen LogP contribution in [0.2, 0.25) is 0 Å². The van der Waals surface area contributed by atoms with E-state index in [1.807, 2.05) is 30.3 Å². The highest BCUT2D eigenvalue weighted by molar-refractivity contribution is 5.14. The number of rotatable bonds is 5. The minimum atomic E-state index is 0.808. The smallest absolute Gasteiger partial charge is 0.0379 e. The highest BCUT2D eigenvalue weighted by Gasteiger charge is 1.98. The van der Waals surface area contributed by atoms with Crippen LogP contribution in [0.3, 0.4) is 0 Å². The Morgan fingerprint density at radius 3 is 2.62 bits per heavy atom. The zero-order chi connectivity index (χ0) is 9.52. The zero-order valence-electron chi connectivity index (χ0n) is 8.03. The Morgan fingerprint density at radius 1 is 1.31 bits per heavy atom. The van der Waals surface area contributed by atoms with Crippen LogP contribution in [0, 0.1) is 0 Å². The van der Waals surface area contributed by atoms with Crippen molar-refractivity contribution in [3.05, 3.63) is 35.9 Å². The number of likely N-dealkylation sites (N-methyl/N-ethyl adjacent to an activating group) is 1. The monoisotopic (exact) mass is 179 g/mol. The molecule has 0 aliphatic carbocycles. The van der Waals surface area contributed by atoms with Crippen LogP contribution < -0.4 is 11.2 Å². The summed E-state index contributed by atoms with van der Waals surface area (Å²) in [5, 5.41) is 4.87. The largest absolute Gasteiger partial charge is 0.318 e. The van der Waals surface area contributed by atoms with Gasteiger partial charge in [-0.2, -0.15) is 0 Å². The fourth-order valence-electron chi connectivity index (χ4n) is 1.15. The van der Waals surface area contributed by atoms with Crippen LogP contribution in [0.15, 0.2) is 30.3 Å². The van der Waals surface area contributed by atoms with E-state index in [9.17, 15) is 0 Å². The Labute approximate surface area is 79.5 Å². The lowest BCUT2D eigenvalue weighted by Gasteiger charge is -2.15. The molecule has 13 heavy (non-hydrogen) atoms. The summed E-state index contributed by atoms with van der Waals surface area (Å²) >= 11 is 0. The van der Waals surface area contributed by atoms with Crippen molar-refractivity contribution in [3.63, 3.8) is 0 Å². The van der Waals surface area contributed by atoms with Crippen molar-refractivity contribution in [2.24, 2.45) is 5.84 Å². The van der Waals surface area contributed by atoms with Gasteiger partial charge in [-0.25, -0.2) is 5.01 Å². The van der Waals surface area contributed by atoms with Crippen LogP contribution in [-0.4, -0.2) is 25.1 Å². The zero-order valence-corrected chi connectivity index (χ0v) is 8.03. The molecule has 3 nitrogen and oxygen atoms in total. The Bertz CT molecular complexity index is 223. The van der Waals surface area contributed by atoms with Gasteiger partial charge in [-0.15, -0.1) is 0 Å². The maximum atomic E-state index is 5.79. The van der Waals surface area contributed by atoms with Gasteiger partial charge in [0.15, 0.2) is 0 Å².